The van der Waals surface area contributed by atoms with Gasteiger partial charge in [0.15, 0.2) is 0 Å². The predicted molar refractivity (Wildman–Crippen MR) is 112 cm³/mol. The Morgan fingerprint density at radius 1 is 0.966 bits per heavy atom. The van der Waals surface area contributed by atoms with Gasteiger partial charge in [-0.2, -0.15) is 4.31 Å². The number of hydrogen-bond donors (Lipinski definition) is 2. The second-order valence-electron chi connectivity index (χ2n) is 6.25. The molecule has 2 amide bonds. The van der Waals surface area contributed by atoms with E-state index in [-0.39, 0.29) is 4.90 Å². The van der Waals surface area contributed by atoms with Crippen molar-refractivity contribution in [1.29, 1.82) is 0 Å². The highest BCUT2D eigenvalue weighted by atomic mass is 32.2. The number of carbonyl (C=O) groups excluding carboxylic acids is 2. The standard InChI is InChI=1S/C21H25N3O4S/c1-4-24(5-2)29(27,28)18-13-10-17(11-14-18)12-15-20(25)22-23-21(26)19-9-7-6-8-16(19)3/h6-15H,4-5H2,1-3H3,(H,22,25)(H,23,26)/b15-12+. The molecule has 0 radical (unpaired) electrons. The molecule has 0 saturated heterocycles. The lowest BCUT2D eigenvalue weighted by Gasteiger charge is -2.18. The molecule has 0 aromatic heterocycles. The summed E-state index contributed by atoms with van der Waals surface area (Å²) in [5, 5.41) is 0. The second-order valence-corrected chi connectivity index (χ2v) is 8.19. The lowest BCUT2D eigenvalue weighted by molar-refractivity contribution is -0.117. The van der Waals surface area contributed by atoms with E-state index in [1.165, 1.54) is 28.6 Å². The third kappa shape index (κ3) is 5.75. The van der Waals surface area contributed by atoms with E-state index in [9.17, 15) is 18.0 Å². The predicted octanol–water partition coefficient (Wildman–Crippen LogP) is 2.50. The Morgan fingerprint density at radius 3 is 2.17 bits per heavy atom. The highest BCUT2D eigenvalue weighted by Gasteiger charge is 2.20. The van der Waals surface area contributed by atoms with E-state index in [0.29, 0.717) is 24.2 Å². The van der Waals surface area contributed by atoms with Crippen LogP contribution in [0.15, 0.2) is 59.5 Å². The van der Waals surface area contributed by atoms with Gasteiger partial charge in [0.1, 0.15) is 0 Å². The molecule has 2 rings (SSSR count). The molecule has 2 N–H and O–H groups in total. The van der Waals surface area contributed by atoms with Crippen LogP contribution in [0.1, 0.15) is 35.3 Å². The first-order chi connectivity index (χ1) is 13.8. The molecule has 2 aromatic rings. The van der Waals surface area contributed by atoms with E-state index >= 15 is 0 Å². The topological polar surface area (TPSA) is 95.6 Å². The number of sulfonamides is 1. The van der Waals surface area contributed by atoms with Crippen LogP contribution in [-0.4, -0.2) is 37.6 Å². The Bertz CT molecular complexity index is 995. The van der Waals surface area contributed by atoms with E-state index in [2.05, 4.69) is 10.9 Å². The summed E-state index contributed by atoms with van der Waals surface area (Å²) < 4.78 is 26.3. The Labute approximate surface area is 171 Å². The van der Waals surface area contributed by atoms with E-state index in [1.807, 2.05) is 6.07 Å². The molecular formula is C21H25N3O4S. The van der Waals surface area contributed by atoms with Crippen LogP contribution in [0.25, 0.3) is 6.08 Å². The average Bonchev–Trinajstić information content (AvgIpc) is 2.71. The number of rotatable bonds is 7. The summed E-state index contributed by atoms with van der Waals surface area (Å²) in [5.41, 5.74) is 6.60. The van der Waals surface area contributed by atoms with Gasteiger partial charge in [0.05, 0.1) is 4.90 Å². The SMILES string of the molecule is CCN(CC)S(=O)(=O)c1ccc(/C=C/C(=O)NNC(=O)c2ccccc2C)cc1. The molecule has 29 heavy (non-hydrogen) atoms. The molecule has 0 bridgehead atoms. The molecule has 0 aliphatic heterocycles. The number of benzene rings is 2. The Balaban J connectivity index is 1.97. The van der Waals surface area contributed by atoms with E-state index in [0.717, 1.165) is 5.56 Å². The lowest BCUT2D eigenvalue weighted by atomic mass is 10.1. The minimum atomic E-state index is -3.51. The van der Waals surface area contributed by atoms with Gasteiger partial charge >= 0.3 is 0 Å². The van der Waals surface area contributed by atoms with Crippen molar-refractivity contribution in [3.05, 3.63) is 71.3 Å². The van der Waals surface area contributed by atoms with Crippen molar-refractivity contribution in [3.8, 4) is 0 Å². The zero-order valence-electron chi connectivity index (χ0n) is 16.7. The monoisotopic (exact) mass is 415 g/mol. The molecule has 0 aliphatic carbocycles. The maximum Gasteiger partial charge on any atom is 0.269 e. The summed E-state index contributed by atoms with van der Waals surface area (Å²) in [5.74, 6) is -0.914. The zero-order valence-corrected chi connectivity index (χ0v) is 17.5. The highest BCUT2D eigenvalue weighted by molar-refractivity contribution is 7.89. The Hall–Kier alpha value is -2.97. The van der Waals surface area contributed by atoms with Crippen LogP contribution in [0.3, 0.4) is 0 Å². The third-order valence-electron chi connectivity index (χ3n) is 4.34. The molecule has 0 atom stereocenters. The smallest absolute Gasteiger partial charge is 0.268 e. The van der Waals surface area contributed by atoms with Gasteiger partial charge in [-0.3, -0.25) is 20.4 Å². The first-order valence-electron chi connectivity index (χ1n) is 9.23. The van der Waals surface area contributed by atoms with Crippen molar-refractivity contribution in [3.63, 3.8) is 0 Å². The summed E-state index contributed by atoms with van der Waals surface area (Å²) in [6.45, 7) is 6.17. The van der Waals surface area contributed by atoms with Crippen LogP contribution in [0, 0.1) is 6.92 Å². The summed E-state index contributed by atoms with van der Waals surface area (Å²) in [7, 11) is -3.51. The Kier molecular flexibility index (Phi) is 7.69. The first kappa shape index (κ1) is 22.3. The number of carbonyl (C=O) groups is 2. The number of aryl methyl sites for hydroxylation is 1. The maximum absolute atomic E-state index is 12.5. The minimum Gasteiger partial charge on any atom is -0.268 e. The van der Waals surface area contributed by atoms with Gasteiger partial charge in [-0.05, 0) is 42.3 Å². The zero-order chi connectivity index (χ0) is 21.4. The van der Waals surface area contributed by atoms with E-state index < -0.39 is 21.8 Å². The van der Waals surface area contributed by atoms with Gasteiger partial charge in [-0.25, -0.2) is 8.42 Å². The van der Waals surface area contributed by atoms with Gasteiger partial charge in [-0.15, -0.1) is 0 Å². The van der Waals surface area contributed by atoms with Crippen LogP contribution < -0.4 is 10.9 Å². The van der Waals surface area contributed by atoms with Crippen LogP contribution >= 0.6 is 0 Å². The van der Waals surface area contributed by atoms with E-state index in [1.54, 1.807) is 51.1 Å². The number of nitrogens with zero attached hydrogens (tertiary/aromatic N) is 1. The van der Waals surface area contributed by atoms with Crippen molar-refractivity contribution >= 4 is 27.9 Å². The molecule has 0 heterocycles. The highest BCUT2D eigenvalue weighted by Crippen LogP contribution is 2.16. The van der Waals surface area contributed by atoms with Gasteiger partial charge in [0, 0.05) is 24.7 Å². The average molecular weight is 416 g/mol. The molecule has 0 fully saturated rings. The molecular weight excluding hydrogens is 390 g/mol. The van der Waals surface area contributed by atoms with Crippen molar-refractivity contribution in [2.75, 3.05) is 13.1 Å². The fraction of sp³-hybridized carbons (Fsp3) is 0.238. The molecule has 8 heteroatoms. The fourth-order valence-electron chi connectivity index (χ4n) is 2.69. The molecule has 0 saturated carbocycles. The minimum absolute atomic E-state index is 0.202. The molecule has 0 spiro atoms. The molecule has 7 nitrogen and oxygen atoms in total. The lowest BCUT2D eigenvalue weighted by Crippen LogP contribution is -2.41. The van der Waals surface area contributed by atoms with E-state index in [4.69, 9.17) is 0 Å². The largest absolute Gasteiger partial charge is 0.269 e. The van der Waals surface area contributed by atoms with Crippen LogP contribution in [0.4, 0.5) is 0 Å². The van der Waals surface area contributed by atoms with Crippen LogP contribution in [-0.2, 0) is 14.8 Å². The van der Waals surface area contributed by atoms with Crippen LogP contribution in [0.5, 0.6) is 0 Å². The summed E-state index contributed by atoms with van der Waals surface area (Å²) in [6.07, 6.45) is 2.79. The normalized spacial score (nSPS) is 11.6. The molecule has 154 valence electrons. The third-order valence-corrected chi connectivity index (χ3v) is 6.40. The second kappa shape index (κ2) is 9.99. The van der Waals surface area contributed by atoms with Gasteiger partial charge in [-0.1, -0.05) is 44.2 Å². The molecule has 0 unspecified atom stereocenters. The first-order valence-corrected chi connectivity index (χ1v) is 10.7. The van der Waals surface area contributed by atoms with Gasteiger partial charge in [0.25, 0.3) is 11.8 Å². The summed E-state index contributed by atoms with van der Waals surface area (Å²) in [6, 6.07) is 13.3. The Morgan fingerprint density at radius 2 is 1.59 bits per heavy atom. The number of hydrogen-bond acceptors (Lipinski definition) is 4. The molecule has 0 aliphatic rings. The number of amides is 2. The maximum atomic E-state index is 12.5. The van der Waals surface area contributed by atoms with Crippen molar-refractivity contribution in [2.24, 2.45) is 0 Å². The van der Waals surface area contributed by atoms with Gasteiger partial charge in [0.2, 0.25) is 10.0 Å². The van der Waals surface area contributed by atoms with Crippen molar-refractivity contribution < 1.29 is 18.0 Å². The summed E-state index contributed by atoms with van der Waals surface area (Å²) in [4.78, 5) is 24.2. The van der Waals surface area contributed by atoms with Crippen molar-refractivity contribution in [1.82, 2.24) is 15.2 Å². The fourth-order valence-corrected chi connectivity index (χ4v) is 4.15. The molecule has 2 aromatic carbocycles. The van der Waals surface area contributed by atoms with Crippen molar-refractivity contribution in [2.45, 2.75) is 25.7 Å². The van der Waals surface area contributed by atoms with Crippen LogP contribution in [0.2, 0.25) is 0 Å². The number of hydrazine groups is 1. The quantitative estimate of drug-likeness (QED) is 0.536. The van der Waals surface area contributed by atoms with Gasteiger partial charge < -0.3 is 0 Å². The number of nitrogens with one attached hydrogen (secondary N) is 2. The summed E-state index contributed by atoms with van der Waals surface area (Å²) >= 11 is 0.